The van der Waals surface area contributed by atoms with Crippen LogP contribution in [0.5, 0.6) is 0 Å². The summed E-state index contributed by atoms with van der Waals surface area (Å²) in [5, 5.41) is 0.474. The van der Waals surface area contributed by atoms with Crippen molar-refractivity contribution in [1.82, 2.24) is 4.31 Å². The maximum atomic E-state index is 12.7. The Morgan fingerprint density at radius 1 is 1.42 bits per heavy atom. The van der Waals surface area contributed by atoms with E-state index in [9.17, 15) is 8.42 Å². The van der Waals surface area contributed by atoms with Gasteiger partial charge in [0.25, 0.3) is 0 Å². The first-order valence-electron chi connectivity index (χ1n) is 6.45. The van der Waals surface area contributed by atoms with Gasteiger partial charge in [0.1, 0.15) is 0 Å². The standard InChI is InChI=1S/C13H19ClN2O2S/c1-10-12(14)6-4-7-13(10)19(17,18)16-8-3-2-5-11(16)9-15/h4,6-7,11H,2-3,5,8-9,15H2,1H3. The lowest BCUT2D eigenvalue weighted by molar-refractivity contribution is 0.257. The first-order chi connectivity index (χ1) is 8.98. The lowest BCUT2D eigenvalue weighted by Gasteiger charge is -2.34. The molecule has 1 aromatic carbocycles. The molecule has 0 radical (unpaired) electrons. The van der Waals surface area contributed by atoms with Crippen LogP contribution in [0.15, 0.2) is 23.1 Å². The van der Waals surface area contributed by atoms with E-state index in [-0.39, 0.29) is 6.04 Å². The highest BCUT2D eigenvalue weighted by molar-refractivity contribution is 7.89. The van der Waals surface area contributed by atoms with Gasteiger partial charge in [0.15, 0.2) is 0 Å². The summed E-state index contributed by atoms with van der Waals surface area (Å²) in [6.45, 7) is 2.63. The monoisotopic (exact) mass is 302 g/mol. The van der Waals surface area contributed by atoms with Gasteiger partial charge in [-0.05, 0) is 37.5 Å². The molecular formula is C13H19ClN2O2S. The summed E-state index contributed by atoms with van der Waals surface area (Å²) < 4.78 is 27.0. The molecule has 0 aliphatic carbocycles. The first-order valence-corrected chi connectivity index (χ1v) is 8.27. The predicted molar refractivity (Wildman–Crippen MR) is 76.8 cm³/mol. The average molecular weight is 303 g/mol. The van der Waals surface area contributed by atoms with Crippen LogP contribution in [0, 0.1) is 6.92 Å². The number of nitrogens with zero attached hydrogens (tertiary/aromatic N) is 1. The fourth-order valence-corrected chi connectivity index (χ4v) is 4.70. The van der Waals surface area contributed by atoms with Crippen LogP contribution in [0.3, 0.4) is 0 Å². The second-order valence-corrected chi connectivity index (χ2v) is 7.13. The maximum Gasteiger partial charge on any atom is 0.243 e. The summed E-state index contributed by atoms with van der Waals surface area (Å²) in [6.07, 6.45) is 2.74. The number of sulfonamides is 1. The van der Waals surface area contributed by atoms with Crippen molar-refractivity contribution in [3.63, 3.8) is 0 Å². The van der Waals surface area contributed by atoms with Gasteiger partial charge in [-0.3, -0.25) is 0 Å². The molecule has 0 spiro atoms. The van der Waals surface area contributed by atoms with Crippen molar-refractivity contribution in [3.05, 3.63) is 28.8 Å². The van der Waals surface area contributed by atoms with Gasteiger partial charge in [0.2, 0.25) is 10.0 Å². The van der Waals surface area contributed by atoms with Crippen LogP contribution in [0.2, 0.25) is 5.02 Å². The summed E-state index contributed by atoms with van der Waals surface area (Å²) >= 11 is 6.02. The molecule has 2 rings (SSSR count). The van der Waals surface area contributed by atoms with Crippen molar-refractivity contribution in [2.24, 2.45) is 5.73 Å². The molecule has 1 aliphatic rings. The molecule has 0 aromatic heterocycles. The van der Waals surface area contributed by atoms with Crippen LogP contribution >= 0.6 is 11.6 Å². The van der Waals surface area contributed by atoms with Crippen LogP contribution in [0.4, 0.5) is 0 Å². The lowest BCUT2D eigenvalue weighted by Crippen LogP contribution is -2.47. The normalized spacial score (nSPS) is 21.5. The molecule has 106 valence electrons. The van der Waals surface area contributed by atoms with Crippen LogP contribution in [0.25, 0.3) is 0 Å². The highest BCUT2D eigenvalue weighted by Crippen LogP contribution is 2.29. The van der Waals surface area contributed by atoms with E-state index in [1.807, 2.05) is 0 Å². The molecule has 19 heavy (non-hydrogen) atoms. The van der Waals surface area contributed by atoms with E-state index in [0.29, 0.717) is 28.6 Å². The minimum atomic E-state index is -3.51. The molecule has 1 unspecified atom stereocenters. The molecule has 1 aromatic rings. The van der Waals surface area contributed by atoms with Gasteiger partial charge < -0.3 is 5.73 Å². The third-order valence-corrected chi connectivity index (χ3v) is 6.16. The van der Waals surface area contributed by atoms with Crippen molar-refractivity contribution >= 4 is 21.6 Å². The van der Waals surface area contributed by atoms with Crippen molar-refractivity contribution in [3.8, 4) is 0 Å². The smallest absolute Gasteiger partial charge is 0.243 e. The second-order valence-electron chi connectivity index (χ2n) is 4.86. The number of nitrogens with two attached hydrogens (primary N) is 1. The summed E-state index contributed by atoms with van der Waals surface area (Å²) in [6, 6.07) is 4.88. The molecule has 0 bridgehead atoms. The third kappa shape index (κ3) is 2.79. The summed E-state index contributed by atoms with van der Waals surface area (Å²) in [4.78, 5) is 0.292. The van der Waals surface area contributed by atoms with Crippen molar-refractivity contribution in [1.29, 1.82) is 0 Å². The van der Waals surface area contributed by atoms with Gasteiger partial charge in [-0.2, -0.15) is 4.31 Å². The third-order valence-electron chi connectivity index (χ3n) is 3.65. The van der Waals surface area contributed by atoms with Crippen LogP contribution in [0.1, 0.15) is 24.8 Å². The highest BCUT2D eigenvalue weighted by atomic mass is 35.5. The Morgan fingerprint density at radius 3 is 2.84 bits per heavy atom. The van der Waals surface area contributed by atoms with Crippen LogP contribution in [-0.2, 0) is 10.0 Å². The Kier molecular flexibility index (Phi) is 4.50. The Balaban J connectivity index is 2.44. The number of benzene rings is 1. The van der Waals surface area contributed by atoms with E-state index in [2.05, 4.69) is 0 Å². The van der Waals surface area contributed by atoms with Crippen molar-refractivity contribution in [2.45, 2.75) is 37.1 Å². The van der Waals surface area contributed by atoms with Crippen molar-refractivity contribution < 1.29 is 8.42 Å². The zero-order chi connectivity index (χ0) is 14.0. The van der Waals surface area contributed by atoms with E-state index in [0.717, 1.165) is 19.3 Å². The Morgan fingerprint density at radius 2 is 2.16 bits per heavy atom. The van der Waals surface area contributed by atoms with Gasteiger partial charge in [-0.25, -0.2) is 8.42 Å². The van der Waals surface area contributed by atoms with Crippen molar-refractivity contribution in [2.75, 3.05) is 13.1 Å². The number of hydrogen-bond acceptors (Lipinski definition) is 3. The lowest BCUT2D eigenvalue weighted by atomic mass is 10.1. The van der Waals surface area contributed by atoms with Crippen LogP contribution in [-0.4, -0.2) is 31.9 Å². The largest absolute Gasteiger partial charge is 0.329 e. The number of hydrogen-bond donors (Lipinski definition) is 1. The van der Waals surface area contributed by atoms with Gasteiger partial charge in [-0.15, -0.1) is 0 Å². The molecule has 1 fully saturated rings. The van der Waals surface area contributed by atoms with E-state index in [1.54, 1.807) is 25.1 Å². The highest BCUT2D eigenvalue weighted by Gasteiger charge is 2.33. The molecule has 1 atom stereocenters. The topological polar surface area (TPSA) is 63.4 Å². The van der Waals surface area contributed by atoms with Gasteiger partial charge in [0, 0.05) is 24.2 Å². The average Bonchev–Trinajstić information content (AvgIpc) is 2.41. The zero-order valence-electron chi connectivity index (χ0n) is 11.0. The number of piperidine rings is 1. The van der Waals surface area contributed by atoms with Gasteiger partial charge in [-0.1, -0.05) is 24.1 Å². The molecule has 1 heterocycles. The van der Waals surface area contributed by atoms with E-state index in [1.165, 1.54) is 4.31 Å². The number of rotatable bonds is 3. The summed E-state index contributed by atoms with van der Waals surface area (Å²) in [7, 11) is -3.51. The molecule has 1 saturated heterocycles. The fraction of sp³-hybridized carbons (Fsp3) is 0.538. The second kappa shape index (κ2) is 5.79. The van der Waals surface area contributed by atoms with E-state index >= 15 is 0 Å². The molecule has 0 amide bonds. The Labute approximate surface area is 119 Å². The fourth-order valence-electron chi connectivity index (χ4n) is 2.52. The first kappa shape index (κ1) is 14.8. The zero-order valence-corrected chi connectivity index (χ0v) is 12.5. The molecule has 4 nitrogen and oxygen atoms in total. The Bertz CT molecular complexity index is 560. The van der Waals surface area contributed by atoms with E-state index in [4.69, 9.17) is 17.3 Å². The molecular weight excluding hydrogens is 284 g/mol. The van der Waals surface area contributed by atoms with E-state index < -0.39 is 10.0 Å². The summed E-state index contributed by atoms with van der Waals surface area (Å²) in [5.74, 6) is 0. The maximum absolute atomic E-state index is 12.7. The number of halogens is 1. The van der Waals surface area contributed by atoms with Gasteiger partial charge in [0.05, 0.1) is 4.90 Å². The predicted octanol–water partition coefficient (Wildman–Crippen LogP) is 2.15. The molecule has 1 aliphatic heterocycles. The Hall–Kier alpha value is -0.620. The molecule has 6 heteroatoms. The molecule has 0 saturated carbocycles. The SMILES string of the molecule is Cc1c(Cl)cccc1S(=O)(=O)N1CCCCC1CN. The minimum Gasteiger partial charge on any atom is -0.329 e. The van der Waals surface area contributed by atoms with Gasteiger partial charge >= 0.3 is 0 Å². The van der Waals surface area contributed by atoms with Crippen LogP contribution < -0.4 is 5.73 Å². The quantitative estimate of drug-likeness (QED) is 0.930. The molecule has 2 N–H and O–H groups in total. The minimum absolute atomic E-state index is 0.0999. The summed E-state index contributed by atoms with van der Waals surface area (Å²) in [5.41, 5.74) is 6.31.